The van der Waals surface area contributed by atoms with Gasteiger partial charge in [0.15, 0.2) is 5.96 Å². The smallest absolute Gasteiger partial charge is 0.257 e. The number of nitrogens with zero attached hydrogens (tertiary/aromatic N) is 2. The molecule has 3 rings (SSSR count). The van der Waals surface area contributed by atoms with Gasteiger partial charge in [0.25, 0.3) is 5.91 Å². The van der Waals surface area contributed by atoms with Gasteiger partial charge in [0.05, 0.1) is 6.33 Å². The quantitative estimate of drug-likeness (QED) is 0.274. The van der Waals surface area contributed by atoms with Crippen molar-refractivity contribution < 1.29 is 4.79 Å². The van der Waals surface area contributed by atoms with Gasteiger partial charge in [0, 0.05) is 30.5 Å². The minimum atomic E-state index is -0.153. The molecule has 1 heterocycles. The highest BCUT2D eigenvalue weighted by molar-refractivity contribution is 6.05. The molecule has 3 aromatic rings. The molecule has 2 aromatic carbocycles. The Morgan fingerprint density at radius 2 is 1.70 bits per heavy atom. The van der Waals surface area contributed by atoms with Gasteiger partial charge >= 0.3 is 0 Å². The molecule has 0 unspecified atom stereocenters. The van der Waals surface area contributed by atoms with Crippen LogP contribution in [0.25, 0.3) is 0 Å². The summed E-state index contributed by atoms with van der Waals surface area (Å²) in [5.41, 5.74) is 3.06. The topological polar surface area (TPSA) is 82.2 Å². The van der Waals surface area contributed by atoms with E-state index >= 15 is 0 Å². The van der Waals surface area contributed by atoms with Crippen LogP contribution in [0, 0.1) is 0 Å². The first-order valence-electron chi connectivity index (χ1n) is 10.5. The van der Waals surface area contributed by atoms with Gasteiger partial charge in [-0.2, -0.15) is 0 Å². The molecule has 3 N–H and O–H groups in total. The van der Waals surface area contributed by atoms with E-state index in [4.69, 9.17) is 0 Å². The van der Waals surface area contributed by atoms with Crippen molar-refractivity contribution in [1.29, 1.82) is 0 Å². The Balaban J connectivity index is 1.47. The molecule has 0 aliphatic carbocycles. The van der Waals surface area contributed by atoms with Crippen LogP contribution in [0.15, 0.2) is 78.2 Å². The second-order valence-electron chi connectivity index (χ2n) is 7.10. The molecule has 0 aliphatic heterocycles. The van der Waals surface area contributed by atoms with Crippen LogP contribution in [0.5, 0.6) is 0 Å². The summed E-state index contributed by atoms with van der Waals surface area (Å²) in [5.74, 6) is 0.382. The normalized spacial score (nSPS) is 11.3. The number of rotatable bonds is 10. The number of amides is 1. The van der Waals surface area contributed by atoms with Crippen molar-refractivity contribution in [2.24, 2.45) is 4.99 Å². The molecule has 0 aliphatic rings. The standard InChI is InChI=1S/C24H29N5O/c30-23(21-13-5-2-6-14-21)29-24(27-17-9-15-22-18-25-19-28-22)26-16-8-7-12-20-10-3-1-4-11-20/h1-6,10-11,13-14,18-19H,7-9,12,15-17H2,(H,25,28)(H2,26,27,29,30). The third-order valence-corrected chi connectivity index (χ3v) is 4.72. The van der Waals surface area contributed by atoms with Crippen molar-refractivity contribution in [1.82, 2.24) is 20.6 Å². The zero-order valence-electron chi connectivity index (χ0n) is 17.2. The highest BCUT2D eigenvalue weighted by Crippen LogP contribution is 2.04. The predicted octanol–water partition coefficient (Wildman–Crippen LogP) is 3.74. The molecule has 6 nitrogen and oxygen atoms in total. The Kier molecular flexibility index (Phi) is 8.67. The van der Waals surface area contributed by atoms with Gasteiger partial charge in [-0.25, -0.2) is 4.98 Å². The summed E-state index contributed by atoms with van der Waals surface area (Å²) in [6.45, 7) is 1.39. The summed E-state index contributed by atoms with van der Waals surface area (Å²) in [6.07, 6.45) is 8.40. The lowest BCUT2D eigenvalue weighted by Crippen LogP contribution is -2.41. The van der Waals surface area contributed by atoms with Crippen molar-refractivity contribution >= 4 is 11.9 Å². The number of hydrogen-bond acceptors (Lipinski definition) is 3. The number of nitrogens with one attached hydrogen (secondary N) is 3. The van der Waals surface area contributed by atoms with Crippen LogP contribution in [-0.2, 0) is 12.8 Å². The second-order valence-corrected chi connectivity index (χ2v) is 7.10. The lowest BCUT2D eigenvalue weighted by atomic mass is 10.1. The number of aromatic nitrogens is 2. The molecule has 0 saturated carbocycles. The largest absolute Gasteiger partial charge is 0.356 e. The molecular weight excluding hydrogens is 374 g/mol. The van der Waals surface area contributed by atoms with Crippen molar-refractivity contribution in [2.75, 3.05) is 13.1 Å². The fourth-order valence-corrected chi connectivity index (χ4v) is 3.10. The van der Waals surface area contributed by atoms with E-state index < -0.39 is 0 Å². The number of imidazole rings is 1. The van der Waals surface area contributed by atoms with Gasteiger partial charge in [-0.05, 0) is 49.8 Å². The first-order valence-corrected chi connectivity index (χ1v) is 10.5. The Morgan fingerprint density at radius 3 is 2.43 bits per heavy atom. The van der Waals surface area contributed by atoms with Crippen LogP contribution in [0.4, 0.5) is 0 Å². The monoisotopic (exact) mass is 403 g/mol. The molecule has 0 fully saturated rings. The summed E-state index contributed by atoms with van der Waals surface area (Å²) < 4.78 is 0. The summed E-state index contributed by atoms with van der Waals surface area (Å²) >= 11 is 0. The Bertz CT molecular complexity index is 892. The van der Waals surface area contributed by atoms with Gasteiger partial charge in [0.2, 0.25) is 0 Å². The highest BCUT2D eigenvalue weighted by Gasteiger charge is 2.08. The maximum absolute atomic E-state index is 12.5. The molecule has 0 atom stereocenters. The van der Waals surface area contributed by atoms with Crippen molar-refractivity contribution in [3.63, 3.8) is 0 Å². The molecule has 0 bridgehead atoms. The molecule has 1 amide bonds. The number of H-pyrrole nitrogens is 1. The van der Waals surface area contributed by atoms with Crippen LogP contribution in [-0.4, -0.2) is 34.9 Å². The Morgan fingerprint density at radius 1 is 0.933 bits per heavy atom. The van der Waals surface area contributed by atoms with Crippen molar-refractivity contribution in [2.45, 2.75) is 32.1 Å². The number of guanidine groups is 1. The maximum Gasteiger partial charge on any atom is 0.257 e. The highest BCUT2D eigenvalue weighted by atomic mass is 16.1. The zero-order valence-corrected chi connectivity index (χ0v) is 17.2. The molecule has 0 radical (unpaired) electrons. The van der Waals surface area contributed by atoms with E-state index in [1.54, 1.807) is 18.5 Å². The van der Waals surface area contributed by atoms with Crippen LogP contribution in [0.1, 0.15) is 40.9 Å². The average Bonchev–Trinajstić information content (AvgIpc) is 3.31. The Labute approximate surface area is 177 Å². The summed E-state index contributed by atoms with van der Waals surface area (Å²) in [6, 6.07) is 19.7. The summed E-state index contributed by atoms with van der Waals surface area (Å²) in [7, 11) is 0. The van der Waals surface area contributed by atoms with Crippen LogP contribution in [0.2, 0.25) is 0 Å². The predicted molar refractivity (Wildman–Crippen MR) is 121 cm³/mol. The molecule has 156 valence electrons. The van der Waals surface area contributed by atoms with Crippen LogP contribution < -0.4 is 10.6 Å². The van der Waals surface area contributed by atoms with Gasteiger partial charge in [-0.15, -0.1) is 0 Å². The SMILES string of the molecule is O=C(NC(=NCCCc1cnc[nH]1)NCCCCc1ccccc1)c1ccccc1. The second kappa shape index (κ2) is 12.2. The molecule has 30 heavy (non-hydrogen) atoms. The van der Waals surface area contributed by atoms with Gasteiger partial charge in [-0.1, -0.05) is 48.5 Å². The molecule has 1 aromatic heterocycles. The van der Waals surface area contributed by atoms with Crippen LogP contribution >= 0.6 is 0 Å². The van der Waals surface area contributed by atoms with Gasteiger partial charge in [0.1, 0.15) is 0 Å². The van der Waals surface area contributed by atoms with E-state index in [2.05, 4.69) is 49.9 Å². The first kappa shape index (κ1) is 21.3. The fourth-order valence-electron chi connectivity index (χ4n) is 3.10. The number of hydrogen-bond donors (Lipinski definition) is 3. The lowest BCUT2D eigenvalue weighted by Gasteiger charge is -2.12. The number of benzene rings is 2. The minimum absolute atomic E-state index is 0.153. The maximum atomic E-state index is 12.5. The lowest BCUT2D eigenvalue weighted by molar-refractivity contribution is 0.0975. The third-order valence-electron chi connectivity index (χ3n) is 4.72. The number of carbonyl (C=O) groups is 1. The fraction of sp³-hybridized carbons (Fsp3) is 0.292. The average molecular weight is 404 g/mol. The van der Waals surface area contributed by atoms with Crippen molar-refractivity contribution in [3.05, 3.63) is 90.0 Å². The van der Waals surface area contributed by atoms with Gasteiger partial charge in [-0.3, -0.25) is 15.1 Å². The van der Waals surface area contributed by atoms with E-state index in [0.717, 1.165) is 44.3 Å². The van der Waals surface area contributed by atoms with E-state index in [9.17, 15) is 4.79 Å². The number of carbonyl (C=O) groups excluding carboxylic acids is 1. The van der Waals surface area contributed by atoms with Crippen LogP contribution in [0.3, 0.4) is 0 Å². The summed E-state index contributed by atoms with van der Waals surface area (Å²) in [5, 5.41) is 6.21. The Hall–Kier alpha value is -3.41. The van der Waals surface area contributed by atoms with E-state index in [-0.39, 0.29) is 5.91 Å². The van der Waals surface area contributed by atoms with Crippen molar-refractivity contribution in [3.8, 4) is 0 Å². The van der Waals surface area contributed by atoms with E-state index in [1.807, 2.05) is 30.5 Å². The molecule has 0 spiro atoms. The first-order chi connectivity index (χ1) is 14.8. The van der Waals surface area contributed by atoms with E-state index in [0.29, 0.717) is 18.1 Å². The molecule has 0 saturated heterocycles. The number of aryl methyl sites for hydroxylation is 2. The third kappa shape index (κ3) is 7.54. The number of aliphatic imine (C=N–C) groups is 1. The molecular formula is C24H29N5O. The molecule has 6 heteroatoms. The summed E-state index contributed by atoms with van der Waals surface area (Å²) in [4.78, 5) is 24.2. The zero-order chi connectivity index (χ0) is 20.9. The minimum Gasteiger partial charge on any atom is -0.356 e. The number of aromatic amines is 1. The van der Waals surface area contributed by atoms with Gasteiger partial charge < -0.3 is 10.3 Å². The van der Waals surface area contributed by atoms with E-state index in [1.165, 1.54) is 5.56 Å². The number of unbranched alkanes of at least 4 members (excludes halogenated alkanes) is 1.